The lowest BCUT2D eigenvalue weighted by Crippen LogP contribution is -2.46. The lowest BCUT2D eigenvalue weighted by molar-refractivity contribution is -0.132. The number of carbonyl (C=O) groups is 1. The van der Waals surface area contributed by atoms with E-state index < -0.39 is 0 Å². The molecule has 0 aromatic heterocycles. The number of carbonyl (C=O) groups excluding carboxylic acids is 1. The van der Waals surface area contributed by atoms with Gasteiger partial charge in [0.2, 0.25) is 5.91 Å². The molecule has 1 N–H and O–H groups in total. The van der Waals surface area contributed by atoms with E-state index in [0.29, 0.717) is 11.9 Å². The van der Waals surface area contributed by atoms with Crippen molar-refractivity contribution >= 4 is 17.7 Å². The molecule has 1 amide bonds. The Morgan fingerprint density at radius 1 is 1.44 bits per heavy atom. The number of unbranched alkanes of at least 4 members (excludes halogenated alkanes) is 1. The average Bonchev–Trinajstić information content (AvgIpc) is 2.74. The van der Waals surface area contributed by atoms with E-state index in [4.69, 9.17) is 0 Å². The number of hydrogen-bond acceptors (Lipinski definition) is 3. The molecule has 2 saturated heterocycles. The van der Waals surface area contributed by atoms with Crippen LogP contribution in [0, 0.1) is 0 Å². The van der Waals surface area contributed by atoms with Crippen LogP contribution in [0.1, 0.15) is 52.4 Å². The third-order valence-electron chi connectivity index (χ3n) is 4.04. The monoisotopic (exact) mass is 270 g/mol. The molecule has 0 aliphatic carbocycles. The van der Waals surface area contributed by atoms with Gasteiger partial charge < -0.3 is 4.90 Å². The molecule has 3 atom stereocenters. The van der Waals surface area contributed by atoms with Crippen molar-refractivity contribution < 1.29 is 4.79 Å². The number of amides is 1. The van der Waals surface area contributed by atoms with Gasteiger partial charge in [-0.25, -0.2) is 0 Å². The minimum atomic E-state index is 0.0850. The maximum Gasteiger partial charge on any atom is 0.241 e. The fourth-order valence-corrected chi connectivity index (χ4v) is 4.16. The van der Waals surface area contributed by atoms with Crippen molar-refractivity contribution in [2.45, 2.75) is 70.6 Å². The third-order valence-corrected chi connectivity index (χ3v) is 5.24. The van der Waals surface area contributed by atoms with Gasteiger partial charge in [-0.1, -0.05) is 26.7 Å². The third kappa shape index (κ3) is 3.02. The Labute approximate surface area is 115 Å². The van der Waals surface area contributed by atoms with Gasteiger partial charge in [-0.15, -0.1) is 0 Å². The van der Waals surface area contributed by atoms with Crippen LogP contribution in [0.4, 0.5) is 0 Å². The van der Waals surface area contributed by atoms with Gasteiger partial charge in [-0.3, -0.25) is 10.1 Å². The second kappa shape index (κ2) is 6.80. The number of thioether (sulfide) groups is 1. The molecule has 0 saturated carbocycles. The van der Waals surface area contributed by atoms with E-state index in [-0.39, 0.29) is 12.2 Å². The second-order valence-corrected chi connectivity index (χ2v) is 6.55. The highest BCUT2D eigenvalue weighted by Gasteiger charge is 2.41. The lowest BCUT2D eigenvalue weighted by atomic mass is 10.1. The van der Waals surface area contributed by atoms with E-state index in [2.05, 4.69) is 24.1 Å². The van der Waals surface area contributed by atoms with E-state index in [9.17, 15) is 4.79 Å². The first kappa shape index (κ1) is 14.2. The van der Waals surface area contributed by atoms with Crippen molar-refractivity contribution in [3.05, 3.63) is 0 Å². The molecule has 0 radical (unpaired) electrons. The van der Waals surface area contributed by atoms with E-state index in [1.807, 2.05) is 11.8 Å². The van der Waals surface area contributed by atoms with Crippen molar-refractivity contribution in [2.24, 2.45) is 0 Å². The standard InChI is InChI=1S/C14H26N2OS/c1-3-5-8-12-14(17)16(13(4-2)15-12)11-7-6-9-18-10-11/h11-13,15H,3-10H2,1-2H3. The molecule has 18 heavy (non-hydrogen) atoms. The summed E-state index contributed by atoms with van der Waals surface area (Å²) in [5, 5.41) is 3.54. The van der Waals surface area contributed by atoms with Crippen molar-refractivity contribution in [2.75, 3.05) is 11.5 Å². The maximum atomic E-state index is 12.5. The molecular formula is C14H26N2OS. The largest absolute Gasteiger partial charge is 0.322 e. The van der Waals surface area contributed by atoms with E-state index in [1.54, 1.807) is 0 Å². The van der Waals surface area contributed by atoms with E-state index >= 15 is 0 Å². The van der Waals surface area contributed by atoms with Gasteiger partial charge in [0.25, 0.3) is 0 Å². The number of hydrogen-bond donors (Lipinski definition) is 1. The first-order valence-corrected chi connectivity index (χ1v) is 8.59. The maximum absolute atomic E-state index is 12.5. The summed E-state index contributed by atoms with van der Waals surface area (Å²) in [7, 11) is 0. The molecule has 2 aliphatic heterocycles. The molecule has 3 nitrogen and oxygen atoms in total. The minimum Gasteiger partial charge on any atom is -0.322 e. The van der Waals surface area contributed by atoms with Crippen LogP contribution in [-0.4, -0.2) is 40.6 Å². The summed E-state index contributed by atoms with van der Waals surface area (Å²) in [6.45, 7) is 4.36. The Hall–Kier alpha value is -0.220. The Morgan fingerprint density at radius 3 is 2.89 bits per heavy atom. The first-order valence-electron chi connectivity index (χ1n) is 7.43. The molecular weight excluding hydrogens is 244 g/mol. The van der Waals surface area contributed by atoms with Crippen molar-refractivity contribution in [1.29, 1.82) is 0 Å². The predicted octanol–water partition coefficient (Wildman–Crippen LogP) is 2.61. The summed E-state index contributed by atoms with van der Waals surface area (Å²) >= 11 is 2.00. The molecule has 2 heterocycles. The summed E-state index contributed by atoms with van der Waals surface area (Å²) < 4.78 is 0. The zero-order valence-corrected chi connectivity index (χ0v) is 12.5. The Morgan fingerprint density at radius 2 is 2.28 bits per heavy atom. The smallest absolute Gasteiger partial charge is 0.241 e. The van der Waals surface area contributed by atoms with Gasteiger partial charge in [0.05, 0.1) is 12.2 Å². The quantitative estimate of drug-likeness (QED) is 0.833. The Bertz CT molecular complexity index is 279. The SMILES string of the molecule is CCCCC1NC(CC)N(C2CCCSC2)C1=O. The predicted molar refractivity (Wildman–Crippen MR) is 77.7 cm³/mol. The fraction of sp³-hybridized carbons (Fsp3) is 0.929. The summed E-state index contributed by atoms with van der Waals surface area (Å²) in [5.74, 6) is 2.76. The van der Waals surface area contributed by atoms with Crippen LogP contribution in [-0.2, 0) is 4.79 Å². The molecule has 4 heteroatoms. The number of nitrogens with zero attached hydrogens (tertiary/aromatic N) is 1. The molecule has 0 aromatic carbocycles. The highest BCUT2D eigenvalue weighted by molar-refractivity contribution is 7.99. The van der Waals surface area contributed by atoms with Gasteiger partial charge >= 0.3 is 0 Å². The van der Waals surface area contributed by atoms with Crippen LogP contribution >= 0.6 is 11.8 Å². The number of nitrogens with one attached hydrogen (secondary N) is 1. The number of rotatable bonds is 5. The molecule has 104 valence electrons. The van der Waals surface area contributed by atoms with Gasteiger partial charge in [-0.05, 0) is 31.4 Å². The van der Waals surface area contributed by atoms with Crippen LogP contribution in [0.3, 0.4) is 0 Å². The summed E-state index contributed by atoms with van der Waals surface area (Å²) in [6, 6.07) is 0.558. The van der Waals surface area contributed by atoms with Crippen LogP contribution < -0.4 is 5.32 Å². The molecule has 3 unspecified atom stereocenters. The molecule has 2 fully saturated rings. The van der Waals surface area contributed by atoms with Crippen LogP contribution in [0.5, 0.6) is 0 Å². The molecule has 0 bridgehead atoms. The van der Waals surface area contributed by atoms with Crippen LogP contribution in [0.15, 0.2) is 0 Å². The Balaban J connectivity index is 2.00. The zero-order chi connectivity index (χ0) is 13.0. The first-order chi connectivity index (χ1) is 8.77. The molecule has 0 spiro atoms. The topological polar surface area (TPSA) is 32.3 Å². The van der Waals surface area contributed by atoms with Gasteiger partial charge in [0.15, 0.2) is 0 Å². The van der Waals surface area contributed by atoms with Crippen molar-refractivity contribution in [3.63, 3.8) is 0 Å². The Kier molecular flexibility index (Phi) is 5.37. The molecule has 2 rings (SSSR count). The highest BCUT2D eigenvalue weighted by atomic mass is 32.2. The zero-order valence-electron chi connectivity index (χ0n) is 11.7. The second-order valence-electron chi connectivity index (χ2n) is 5.40. The minimum absolute atomic E-state index is 0.0850. The van der Waals surface area contributed by atoms with Gasteiger partial charge in [-0.2, -0.15) is 11.8 Å². The average molecular weight is 270 g/mol. The summed E-state index contributed by atoms with van der Waals surface area (Å²) in [5.41, 5.74) is 0. The summed E-state index contributed by atoms with van der Waals surface area (Å²) in [4.78, 5) is 14.7. The van der Waals surface area contributed by atoms with E-state index in [0.717, 1.165) is 25.0 Å². The van der Waals surface area contributed by atoms with E-state index in [1.165, 1.54) is 25.0 Å². The van der Waals surface area contributed by atoms with Crippen molar-refractivity contribution in [3.8, 4) is 0 Å². The normalized spacial score (nSPS) is 33.1. The van der Waals surface area contributed by atoms with Crippen LogP contribution in [0.25, 0.3) is 0 Å². The van der Waals surface area contributed by atoms with Gasteiger partial charge in [0, 0.05) is 11.8 Å². The van der Waals surface area contributed by atoms with Crippen molar-refractivity contribution in [1.82, 2.24) is 10.2 Å². The fourth-order valence-electron chi connectivity index (χ4n) is 3.02. The van der Waals surface area contributed by atoms with Gasteiger partial charge in [0.1, 0.15) is 0 Å². The highest BCUT2D eigenvalue weighted by Crippen LogP contribution is 2.28. The lowest BCUT2D eigenvalue weighted by Gasteiger charge is -2.34. The van der Waals surface area contributed by atoms with Crippen LogP contribution in [0.2, 0.25) is 0 Å². The molecule has 2 aliphatic rings. The summed E-state index contributed by atoms with van der Waals surface area (Å²) in [6.07, 6.45) is 7.07. The molecule has 0 aromatic rings.